The lowest BCUT2D eigenvalue weighted by molar-refractivity contribution is 0.341. The van der Waals surface area contributed by atoms with Gasteiger partial charge in [-0.05, 0) is 52.7 Å². The number of likely N-dealkylation sites (N-methyl/N-ethyl adjacent to an activating group) is 1. The zero-order valence-electron chi connectivity index (χ0n) is 14.4. The van der Waals surface area contributed by atoms with Crippen molar-refractivity contribution in [3.63, 3.8) is 0 Å². The molecule has 5 N–H and O–H groups in total. The molecule has 0 amide bonds. The highest BCUT2D eigenvalue weighted by atomic mass is 15.2. The number of likely N-dealkylation sites (tertiary alicyclic amines) is 1. The number of nitrogens with zero attached hydrogens (tertiary/aromatic N) is 3. The van der Waals surface area contributed by atoms with Gasteiger partial charge in [0.15, 0.2) is 0 Å². The van der Waals surface area contributed by atoms with Crippen molar-refractivity contribution in [2.24, 2.45) is 15.7 Å². The molecule has 1 saturated carbocycles. The van der Waals surface area contributed by atoms with Crippen LogP contribution in [0.3, 0.4) is 0 Å². The zero-order chi connectivity index (χ0) is 16.7. The van der Waals surface area contributed by atoms with Crippen molar-refractivity contribution in [3.05, 3.63) is 12.4 Å². The highest BCUT2D eigenvalue weighted by Gasteiger charge is 2.21. The average Bonchev–Trinajstić information content (AvgIpc) is 2.93. The Hall–Kier alpha value is -1.60. The van der Waals surface area contributed by atoms with E-state index in [1.54, 1.807) is 0 Å². The van der Waals surface area contributed by atoms with E-state index in [9.17, 15) is 0 Å². The summed E-state index contributed by atoms with van der Waals surface area (Å²) in [5.74, 6) is 1.19. The fraction of sp³-hybridized carbons (Fsp3) is 0.750. The minimum Gasteiger partial charge on any atom is -0.390 e. The van der Waals surface area contributed by atoms with Gasteiger partial charge in [0.05, 0.1) is 6.34 Å². The summed E-state index contributed by atoms with van der Waals surface area (Å²) < 4.78 is 0. The van der Waals surface area contributed by atoms with Crippen LogP contribution in [0.25, 0.3) is 0 Å². The molecule has 1 aliphatic heterocycles. The van der Waals surface area contributed by atoms with Crippen molar-refractivity contribution in [1.82, 2.24) is 20.9 Å². The zero-order valence-corrected chi connectivity index (χ0v) is 14.4. The summed E-state index contributed by atoms with van der Waals surface area (Å²) in [7, 11) is 4.15. The van der Waals surface area contributed by atoms with Crippen molar-refractivity contribution >= 4 is 12.3 Å². The van der Waals surface area contributed by atoms with Crippen molar-refractivity contribution in [1.29, 1.82) is 0 Å². The minimum absolute atomic E-state index is 0.396. The molecular formula is C16H31N7. The first-order chi connectivity index (χ1) is 11.1. The first kappa shape index (κ1) is 17.7. The van der Waals surface area contributed by atoms with Crippen LogP contribution in [0, 0.1) is 0 Å². The number of hydrogen-bond donors (Lipinski definition) is 4. The summed E-state index contributed by atoms with van der Waals surface area (Å²) >= 11 is 0. The van der Waals surface area contributed by atoms with Crippen LogP contribution in [0.4, 0.5) is 0 Å². The molecule has 130 valence electrons. The number of aliphatic imine (C=N–C) groups is 2. The van der Waals surface area contributed by atoms with Crippen molar-refractivity contribution in [2.45, 2.75) is 50.2 Å². The van der Waals surface area contributed by atoms with E-state index in [0.717, 1.165) is 32.4 Å². The maximum absolute atomic E-state index is 5.46. The number of nitrogens with two attached hydrogens (primary N) is 1. The Morgan fingerprint density at radius 1 is 1.13 bits per heavy atom. The summed E-state index contributed by atoms with van der Waals surface area (Å²) in [4.78, 5) is 10.9. The first-order valence-electron chi connectivity index (χ1n) is 8.51. The fourth-order valence-corrected chi connectivity index (χ4v) is 3.33. The number of rotatable bonds is 5. The molecule has 0 aromatic heterocycles. The molecule has 1 aliphatic carbocycles. The molecule has 0 unspecified atom stereocenters. The van der Waals surface area contributed by atoms with Crippen LogP contribution in [0.5, 0.6) is 0 Å². The molecule has 7 heteroatoms. The fourth-order valence-electron chi connectivity index (χ4n) is 3.33. The van der Waals surface area contributed by atoms with Gasteiger partial charge in [0.1, 0.15) is 5.82 Å². The van der Waals surface area contributed by atoms with Crippen LogP contribution in [0.15, 0.2) is 22.4 Å². The largest absolute Gasteiger partial charge is 0.390 e. The van der Waals surface area contributed by atoms with Gasteiger partial charge in [-0.25, -0.2) is 4.99 Å². The monoisotopic (exact) mass is 321 g/mol. The summed E-state index contributed by atoms with van der Waals surface area (Å²) in [6.45, 7) is 6.13. The average molecular weight is 321 g/mol. The lowest BCUT2D eigenvalue weighted by Crippen LogP contribution is -2.41. The number of guanidine groups is 1. The summed E-state index contributed by atoms with van der Waals surface area (Å²) in [6, 6.07) is 1.43. The first-order valence-corrected chi connectivity index (χ1v) is 8.51. The second kappa shape index (κ2) is 8.88. The Kier molecular flexibility index (Phi) is 6.85. The van der Waals surface area contributed by atoms with Gasteiger partial charge in [-0.15, -0.1) is 0 Å². The number of hydrogen-bond acceptors (Lipinski definition) is 4. The molecule has 1 saturated heterocycles. The molecule has 0 bridgehead atoms. The SMILES string of the molecule is C=C(/N=C(\N=C/N)N[C@H]1CC[C@H](NC)CC1)N[C@@H]1CCN(C)C1. The van der Waals surface area contributed by atoms with E-state index >= 15 is 0 Å². The number of nitrogens with one attached hydrogen (secondary N) is 3. The van der Waals surface area contributed by atoms with E-state index in [1.807, 2.05) is 7.05 Å². The third kappa shape index (κ3) is 5.84. The molecule has 1 heterocycles. The molecule has 2 aliphatic rings. The van der Waals surface area contributed by atoms with Crippen LogP contribution in [-0.2, 0) is 0 Å². The topological polar surface area (TPSA) is 90.1 Å². The molecular weight excluding hydrogens is 290 g/mol. The quantitative estimate of drug-likeness (QED) is 0.429. The third-order valence-electron chi connectivity index (χ3n) is 4.67. The lowest BCUT2D eigenvalue weighted by atomic mass is 9.91. The second-order valence-electron chi connectivity index (χ2n) is 6.53. The molecule has 0 spiro atoms. The van der Waals surface area contributed by atoms with Gasteiger partial charge >= 0.3 is 0 Å². The smallest absolute Gasteiger partial charge is 0.226 e. The Labute approximate surface area is 139 Å². The van der Waals surface area contributed by atoms with Crippen LogP contribution in [0.2, 0.25) is 0 Å². The minimum atomic E-state index is 0.396. The van der Waals surface area contributed by atoms with Gasteiger partial charge < -0.3 is 26.6 Å². The van der Waals surface area contributed by atoms with E-state index in [4.69, 9.17) is 5.73 Å². The Morgan fingerprint density at radius 3 is 2.39 bits per heavy atom. The van der Waals surface area contributed by atoms with E-state index < -0.39 is 0 Å². The molecule has 0 aromatic carbocycles. The maximum Gasteiger partial charge on any atom is 0.226 e. The van der Waals surface area contributed by atoms with E-state index in [1.165, 1.54) is 19.2 Å². The lowest BCUT2D eigenvalue weighted by Gasteiger charge is -2.29. The van der Waals surface area contributed by atoms with E-state index in [-0.39, 0.29) is 0 Å². The van der Waals surface area contributed by atoms with Gasteiger partial charge in [-0.1, -0.05) is 6.58 Å². The van der Waals surface area contributed by atoms with Crippen LogP contribution >= 0.6 is 0 Å². The highest BCUT2D eigenvalue weighted by molar-refractivity contribution is 5.87. The predicted molar refractivity (Wildman–Crippen MR) is 96.5 cm³/mol. The second-order valence-corrected chi connectivity index (χ2v) is 6.53. The maximum atomic E-state index is 5.46. The molecule has 2 rings (SSSR count). The van der Waals surface area contributed by atoms with Crippen LogP contribution < -0.4 is 21.7 Å². The van der Waals surface area contributed by atoms with Gasteiger partial charge in [0.2, 0.25) is 5.96 Å². The molecule has 7 nitrogen and oxygen atoms in total. The summed E-state index contributed by atoms with van der Waals surface area (Å²) in [6.07, 6.45) is 6.95. The van der Waals surface area contributed by atoms with Gasteiger partial charge in [-0.3, -0.25) is 0 Å². The Balaban J connectivity index is 1.85. The van der Waals surface area contributed by atoms with Crippen LogP contribution in [0.1, 0.15) is 32.1 Å². The molecule has 23 heavy (non-hydrogen) atoms. The van der Waals surface area contributed by atoms with Gasteiger partial charge in [0, 0.05) is 24.7 Å². The van der Waals surface area contributed by atoms with Gasteiger partial charge in [-0.2, -0.15) is 4.99 Å². The molecule has 0 aromatic rings. The molecule has 0 radical (unpaired) electrons. The molecule has 2 fully saturated rings. The summed E-state index contributed by atoms with van der Waals surface area (Å²) in [5.41, 5.74) is 5.46. The predicted octanol–water partition coefficient (Wildman–Crippen LogP) is 0.215. The highest BCUT2D eigenvalue weighted by Crippen LogP contribution is 2.18. The Morgan fingerprint density at radius 2 is 1.83 bits per heavy atom. The Bertz CT molecular complexity index is 438. The van der Waals surface area contributed by atoms with Gasteiger partial charge in [0.25, 0.3) is 0 Å². The van der Waals surface area contributed by atoms with Crippen molar-refractivity contribution in [3.8, 4) is 0 Å². The van der Waals surface area contributed by atoms with E-state index in [0.29, 0.717) is 29.9 Å². The standard InChI is InChI=1S/C16H31N7/c1-12(20-15-8-9-23(3)10-15)21-16(19-11-17)22-14-6-4-13(18-2)5-7-14/h11,13-15,18,20H,1,4-10H2,2-3H3,(H3,17,19,21,22)/t13-,14-,15-/m1/s1. The van der Waals surface area contributed by atoms with E-state index in [2.05, 4.69) is 44.5 Å². The normalized spacial score (nSPS) is 29.8. The third-order valence-corrected chi connectivity index (χ3v) is 4.67. The van der Waals surface area contributed by atoms with Crippen molar-refractivity contribution < 1.29 is 0 Å². The summed E-state index contributed by atoms with van der Waals surface area (Å²) in [5, 5.41) is 10.1. The van der Waals surface area contributed by atoms with Crippen molar-refractivity contribution in [2.75, 3.05) is 27.2 Å². The molecule has 1 atom stereocenters. The van der Waals surface area contributed by atoms with Crippen LogP contribution in [-0.4, -0.2) is 62.5 Å².